The minimum Gasteiger partial charge on any atom is -0.338 e. The molecule has 0 aromatic carbocycles. The van der Waals surface area contributed by atoms with Crippen LogP contribution in [0.15, 0.2) is 0 Å². The molecule has 2 saturated heterocycles. The van der Waals surface area contributed by atoms with Gasteiger partial charge in [0.05, 0.1) is 0 Å². The number of likely N-dealkylation sites (tertiary alicyclic amines) is 1. The first-order valence-corrected chi connectivity index (χ1v) is 4.97. The Balaban J connectivity index is 1.88. The van der Waals surface area contributed by atoms with Crippen molar-refractivity contribution in [2.45, 2.75) is 25.4 Å². The Hall–Kier alpha value is -0.610. The van der Waals surface area contributed by atoms with E-state index in [4.69, 9.17) is 0 Å². The molecule has 2 aliphatic rings. The quantitative estimate of drug-likeness (QED) is 0.576. The molecule has 1 N–H and O–H groups in total. The summed E-state index contributed by atoms with van der Waals surface area (Å²) in [4.78, 5) is 13.7. The van der Waals surface area contributed by atoms with Gasteiger partial charge in [0.1, 0.15) is 6.04 Å². The number of carbonyl (C=O) groups is 1. The highest BCUT2D eigenvalue weighted by Crippen LogP contribution is 2.17. The fraction of sp³-hybridized carbons (Fsp3) is 0.889. The molecule has 0 saturated carbocycles. The zero-order valence-corrected chi connectivity index (χ0v) is 7.99. The number of hydrogen-bond donors (Lipinski definition) is 1. The molecule has 4 heteroatoms. The van der Waals surface area contributed by atoms with Gasteiger partial charge in [0, 0.05) is 32.2 Å². The molecule has 4 nitrogen and oxygen atoms in total. The Labute approximate surface area is 78.7 Å². The minimum atomic E-state index is -0.114. The molecule has 2 rings (SSSR count). The van der Waals surface area contributed by atoms with Crippen LogP contribution >= 0.6 is 0 Å². The molecule has 73 valence electrons. The molecule has 0 spiro atoms. The molecule has 2 atom stereocenters. The van der Waals surface area contributed by atoms with E-state index in [0.717, 1.165) is 32.6 Å². The largest absolute Gasteiger partial charge is 0.338 e. The molecule has 0 aromatic rings. The fourth-order valence-electron chi connectivity index (χ4n) is 1.80. The fourth-order valence-corrected chi connectivity index (χ4v) is 1.80. The van der Waals surface area contributed by atoms with Gasteiger partial charge in [-0.05, 0) is 13.3 Å². The third kappa shape index (κ3) is 1.69. The second-order valence-corrected chi connectivity index (χ2v) is 3.80. The van der Waals surface area contributed by atoms with Crippen molar-refractivity contribution in [1.29, 1.82) is 0 Å². The Morgan fingerprint density at radius 3 is 2.92 bits per heavy atom. The van der Waals surface area contributed by atoms with E-state index >= 15 is 0 Å². The number of amides is 1. The number of piperazine rings is 1. The second kappa shape index (κ2) is 3.64. The van der Waals surface area contributed by atoms with Gasteiger partial charge >= 0.3 is 0 Å². The summed E-state index contributed by atoms with van der Waals surface area (Å²) in [5, 5.41) is 7.51. The molecule has 13 heavy (non-hydrogen) atoms. The van der Waals surface area contributed by atoms with Crippen LogP contribution in [-0.4, -0.2) is 49.1 Å². The lowest BCUT2D eigenvalue weighted by Gasteiger charge is -2.41. The van der Waals surface area contributed by atoms with E-state index in [9.17, 15) is 4.79 Å². The van der Waals surface area contributed by atoms with E-state index in [1.807, 2.05) is 4.90 Å². The normalized spacial score (nSPS) is 34.1. The van der Waals surface area contributed by atoms with Gasteiger partial charge in [0.2, 0.25) is 5.91 Å². The van der Waals surface area contributed by atoms with Crippen molar-refractivity contribution < 1.29 is 4.79 Å². The molecule has 2 unspecified atom stereocenters. The van der Waals surface area contributed by atoms with Crippen LogP contribution in [0.25, 0.3) is 0 Å². The summed E-state index contributed by atoms with van der Waals surface area (Å²) in [5.74, 6) is 0.214. The van der Waals surface area contributed by atoms with Crippen LogP contribution < -0.4 is 10.6 Å². The maximum atomic E-state index is 11.8. The van der Waals surface area contributed by atoms with Crippen molar-refractivity contribution in [3.8, 4) is 0 Å². The maximum absolute atomic E-state index is 11.8. The van der Waals surface area contributed by atoms with Crippen LogP contribution in [0, 0.1) is 0 Å². The van der Waals surface area contributed by atoms with Crippen molar-refractivity contribution in [1.82, 2.24) is 15.5 Å². The van der Waals surface area contributed by atoms with Crippen LogP contribution in [0.5, 0.6) is 0 Å². The Bertz CT molecular complexity index is 201. The Morgan fingerprint density at radius 1 is 1.62 bits per heavy atom. The predicted octanol–water partition coefficient (Wildman–Crippen LogP) is -0.817. The van der Waals surface area contributed by atoms with Gasteiger partial charge in [0.15, 0.2) is 0 Å². The first-order chi connectivity index (χ1) is 6.29. The number of hydrogen-bond acceptors (Lipinski definition) is 2. The molecule has 1 amide bonds. The summed E-state index contributed by atoms with van der Waals surface area (Å²) in [7, 11) is 0. The molecule has 2 fully saturated rings. The second-order valence-electron chi connectivity index (χ2n) is 3.80. The standard InChI is InChI=1S/C9H16N3O/c1-7-2-5-12(7)9(13)8-6-10-3-4-11-8/h7-8,10H,2-6H2,1H3. The van der Waals surface area contributed by atoms with Gasteiger partial charge in [-0.2, -0.15) is 0 Å². The highest BCUT2D eigenvalue weighted by molar-refractivity contribution is 5.83. The van der Waals surface area contributed by atoms with E-state index < -0.39 is 0 Å². The zero-order chi connectivity index (χ0) is 9.26. The SMILES string of the molecule is CC1CCN1C(=O)C1CNCC[N]1. The van der Waals surface area contributed by atoms with Gasteiger partial charge in [-0.3, -0.25) is 4.79 Å². The first-order valence-electron chi connectivity index (χ1n) is 4.97. The summed E-state index contributed by atoms with van der Waals surface area (Å²) in [6.45, 7) is 5.43. The lowest BCUT2D eigenvalue weighted by molar-refractivity contribution is -0.140. The third-order valence-corrected chi connectivity index (χ3v) is 2.86. The average molecular weight is 182 g/mol. The van der Waals surface area contributed by atoms with Crippen LogP contribution in [0.1, 0.15) is 13.3 Å². The highest BCUT2D eigenvalue weighted by Gasteiger charge is 2.33. The lowest BCUT2D eigenvalue weighted by atomic mass is 10.0. The van der Waals surface area contributed by atoms with Gasteiger partial charge in [-0.1, -0.05) is 0 Å². The van der Waals surface area contributed by atoms with Gasteiger partial charge < -0.3 is 10.2 Å². The average Bonchev–Trinajstić information content (AvgIpc) is 2.17. The summed E-state index contributed by atoms with van der Waals surface area (Å²) < 4.78 is 0. The van der Waals surface area contributed by atoms with E-state index in [1.165, 1.54) is 0 Å². The molecule has 2 heterocycles. The predicted molar refractivity (Wildman–Crippen MR) is 49.5 cm³/mol. The summed E-state index contributed by atoms with van der Waals surface area (Å²) in [5.41, 5.74) is 0. The molecule has 1 radical (unpaired) electrons. The highest BCUT2D eigenvalue weighted by atomic mass is 16.2. The maximum Gasteiger partial charge on any atom is 0.242 e. The van der Waals surface area contributed by atoms with Crippen molar-refractivity contribution in [2.24, 2.45) is 0 Å². The number of carbonyl (C=O) groups excluding carboxylic acids is 1. The monoisotopic (exact) mass is 182 g/mol. The molecule has 2 aliphatic heterocycles. The molecule has 0 aromatic heterocycles. The van der Waals surface area contributed by atoms with Crippen molar-refractivity contribution in [3.05, 3.63) is 0 Å². The van der Waals surface area contributed by atoms with Gasteiger partial charge in [-0.25, -0.2) is 5.32 Å². The minimum absolute atomic E-state index is 0.114. The van der Waals surface area contributed by atoms with E-state index in [-0.39, 0.29) is 11.9 Å². The molecule has 0 bridgehead atoms. The smallest absolute Gasteiger partial charge is 0.242 e. The third-order valence-electron chi connectivity index (χ3n) is 2.86. The first kappa shape index (κ1) is 8.97. The molecular formula is C9H16N3O. The number of nitrogens with one attached hydrogen (secondary N) is 1. The Morgan fingerprint density at radius 2 is 2.46 bits per heavy atom. The van der Waals surface area contributed by atoms with E-state index in [2.05, 4.69) is 17.6 Å². The van der Waals surface area contributed by atoms with E-state index in [0.29, 0.717) is 6.04 Å². The van der Waals surface area contributed by atoms with Crippen LogP contribution in [-0.2, 0) is 4.79 Å². The van der Waals surface area contributed by atoms with Gasteiger partial charge in [0.25, 0.3) is 0 Å². The molecule has 0 aliphatic carbocycles. The number of nitrogens with zero attached hydrogens (tertiary/aromatic N) is 2. The summed E-state index contributed by atoms with van der Waals surface area (Å²) in [6.07, 6.45) is 1.14. The topological polar surface area (TPSA) is 46.4 Å². The number of rotatable bonds is 1. The van der Waals surface area contributed by atoms with Crippen LogP contribution in [0.4, 0.5) is 0 Å². The van der Waals surface area contributed by atoms with Crippen molar-refractivity contribution >= 4 is 5.91 Å². The van der Waals surface area contributed by atoms with Crippen LogP contribution in [0.3, 0.4) is 0 Å². The van der Waals surface area contributed by atoms with Gasteiger partial charge in [-0.15, -0.1) is 0 Å². The molecular weight excluding hydrogens is 166 g/mol. The van der Waals surface area contributed by atoms with Crippen molar-refractivity contribution in [2.75, 3.05) is 26.2 Å². The van der Waals surface area contributed by atoms with Crippen LogP contribution in [0.2, 0.25) is 0 Å². The summed E-state index contributed by atoms with van der Waals surface area (Å²) >= 11 is 0. The Kier molecular flexibility index (Phi) is 2.51. The van der Waals surface area contributed by atoms with E-state index in [1.54, 1.807) is 0 Å². The summed E-state index contributed by atoms with van der Waals surface area (Å²) in [6, 6.07) is 0.320. The zero-order valence-electron chi connectivity index (χ0n) is 7.99. The lowest BCUT2D eigenvalue weighted by Crippen LogP contribution is -2.59. The van der Waals surface area contributed by atoms with Crippen molar-refractivity contribution in [3.63, 3.8) is 0 Å².